The van der Waals surface area contributed by atoms with Gasteiger partial charge >= 0.3 is 12.1 Å². The molecule has 10 heteroatoms. The summed E-state index contributed by atoms with van der Waals surface area (Å²) in [6.45, 7) is 3.12. The van der Waals surface area contributed by atoms with E-state index in [1.807, 2.05) is 0 Å². The Morgan fingerprint density at radius 1 is 0.750 bits per heavy atom. The average Bonchev–Trinajstić information content (AvgIpc) is 3.51. The molecule has 4 aromatic rings. The van der Waals surface area contributed by atoms with E-state index >= 15 is 13.2 Å². The summed E-state index contributed by atoms with van der Waals surface area (Å²) in [4.78, 5) is 13.0. The number of carbonyl (C=O) groups is 1. The minimum absolute atomic E-state index is 0.163. The zero-order chi connectivity index (χ0) is 32.3. The van der Waals surface area contributed by atoms with Crippen molar-refractivity contribution in [3.05, 3.63) is 114 Å². The van der Waals surface area contributed by atoms with Gasteiger partial charge in [-0.3, -0.25) is 0 Å². The number of carboxylic acid groups (broad SMARTS) is 1. The molecule has 0 aliphatic carbocycles. The Balaban J connectivity index is 1.53. The Kier molecular flexibility index (Phi) is 9.51. The van der Waals surface area contributed by atoms with Gasteiger partial charge in [-0.15, -0.1) is 0 Å². The number of hydrogen-bond donors (Lipinski definition) is 1. The fourth-order valence-electron chi connectivity index (χ4n) is 6.18. The van der Waals surface area contributed by atoms with Gasteiger partial charge in [0.2, 0.25) is 0 Å². The van der Waals surface area contributed by atoms with Crippen molar-refractivity contribution < 1.29 is 41.0 Å². The van der Waals surface area contributed by atoms with Gasteiger partial charge in [0.15, 0.2) is 5.54 Å². The molecule has 0 saturated heterocycles. The lowest BCUT2D eigenvalue weighted by Gasteiger charge is -2.51. The Morgan fingerprint density at radius 3 is 1.64 bits per heavy atom. The first-order valence-electron chi connectivity index (χ1n) is 14.0. The molecule has 0 radical (unpaired) electrons. The third-order valence-electron chi connectivity index (χ3n) is 8.38. The van der Waals surface area contributed by atoms with Crippen LogP contribution in [0.1, 0.15) is 37.5 Å². The number of alkyl halides is 6. The summed E-state index contributed by atoms with van der Waals surface area (Å²) in [6.07, 6.45) is -8.54. The number of hydrogen-bond acceptors (Lipinski definition) is 2. The smallest absolute Gasteiger partial charge is 0.416 e. The molecule has 0 amide bonds. The highest BCUT2D eigenvalue weighted by Crippen LogP contribution is 2.52. The van der Waals surface area contributed by atoms with Crippen molar-refractivity contribution in [1.29, 1.82) is 0 Å². The topological polar surface area (TPSA) is 51.5 Å². The highest BCUT2D eigenvalue weighted by molar-refractivity contribution is 5.79. The second kappa shape index (κ2) is 12.8. The van der Waals surface area contributed by atoms with Crippen molar-refractivity contribution in [2.24, 2.45) is 5.41 Å². The van der Waals surface area contributed by atoms with Gasteiger partial charge < -0.3 is 14.4 Å². The van der Waals surface area contributed by atoms with E-state index in [1.165, 1.54) is 41.2 Å². The maximum Gasteiger partial charge on any atom is 0.416 e. The molecule has 0 bridgehead atoms. The first-order chi connectivity index (χ1) is 20.7. The van der Waals surface area contributed by atoms with Gasteiger partial charge in [0, 0.05) is 18.8 Å². The molecule has 1 heterocycles. The minimum Gasteiger partial charge on any atom is -0.489 e. The van der Waals surface area contributed by atoms with Gasteiger partial charge in [-0.05, 0) is 79.4 Å². The van der Waals surface area contributed by atoms with Crippen LogP contribution in [0.4, 0.5) is 26.3 Å². The van der Waals surface area contributed by atoms with Gasteiger partial charge in [0.25, 0.3) is 0 Å². The van der Waals surface area contributed by atoms with Crippen molar-refractivity contribution in [1.82, 2.24) is 4.57 Å². The number of benzene rings is 3. The highest BCUT2D eigenvalue weighted by atomic mass is 19.4. The average molecular weight is 618 g/mol. The number of aromatic nitrogens is 1. The second-order valence-corrected chi connectivity index (χ2v) is 10.9. The Labute approximate surface area is 251 Å². The van der Waals surface area contributed by atoms with E-state index in [1.54, 1.807) is 48.5 Å². The van der Waals surface area contributed by atoms with Crippen LogP contribution in [0.5, 0.6) is 5.75 Å². The lowest BCUT2D eigenvalue weighted by molar-refractivity contribution is -0.178. The van der Waals surface area contributed by atoms with E-state index in [9.17, 15) is 23.1 Å². The van der Waals surface area contributed by atoms with Crippen molar-refractivity contribution in [3.63, 3.8) is 0 Å². The van der Waals surface area contributed by atoms with Crippen LogP contribution in [-0.4, -0.2) is 34.2 Å². The van der Waals surface area contributed by atoms with Crippen molar-refractivity contribution >= 4 is 5.97 Å². The molecule has 1 aromatic heterocycles. The van der Waals surface area contributed by atoms with E-state index in [0.717, 1.165) is 44.0 Å². The van der Waals surface area contributed by atoms with Crippen molar-refractivity contribution in [2.45, 2.75) is 64.0 Å². The quantitative estimate of drug-likeness (QED) is 0.162. The third kappa shape index (κ3) is 6.07. The molecule has 3 aromatic carbocycles. The lowest BCUT2D eigenvalue weighted by atomic mass is 9.59. The first-order valence-corrected chi connectivity index (χ1v) is 14.0. The number of nitrogens with zero attached hydrogens (tertiary/aromatic N) is 1. The molecule has 4 atom stereocenters. The number of aliphatic carboxylic acids is 1. The maximum absolute atomic E-state index is 15.4. The minimum atomic E-state index is -4.41. The summed E-state index contributed by atoms with van der Waals surface area (Å²) in [5.41, 5.74) is -3.06. The van der Waals surface area contributed by atoms with Gasteiger partial charge in [-0.2, -0.15) is 13.2 Å². The van der Waals surface area contributed by atoms with Gasteiger partial charge in [0.1, 0.15) is 30.9 Å². The Morgan fingerprint density at radius 2 is 1.20 bits per heavy atom. The normalized spacial score (nSPS) is 16.8. The van der Waals surface area contributed by atoms with Gasteiger partial charge in [0.05, 0.1) is 11.0 Å². The molecule has 0 spiro atoms. The summed E-state index contributed by atoms with van der Waals surface area (Å²) >= 11 is 0. The van der Waals surface area contributed by atoms with E-state index in [0.29, 0.717) is 16.9 Å². The van der Waals surface area contributed by atoms with Crippen LogP contribution in [0, 0.1) is 5.41 Å². The van der Waals surface area contributed by atoms with Crippen LogP contribution in [0.2, 0.25) is 0 Å². The zero-order valence-corrected chi connectivity index (χ0v) is 24.4. The van der Waals surface area contributed by atoms with Gasteiger partial charge in [-0.1, -0.05) is 48.5 Å². The molecule has 0 saturated carbocycles. The molecule has 44 heavy (non-hydrogen) atoms. The molecule has 234 valence electrons. The molecule has 4 nitrogen and oxygen atoms in total. The number of rotatable bonds is 12. The van der Waals surface area contributed by atoms with Crippen molar-refractivity contribution in [3.8, 4) is 16.9 Å². The molecule has 0 aliphatic rings. The Hall–Kier alpha value is -4.21. The van der Waals surface area contributed by atoms with Crippen molar-refractivity contribution in [2.75, 3.05) is 0 Å². The van der Waals surface area contributed by atoms with Crippen LogP contribution in [-0.2, 0) is 29.5 Å². The molecule has 3 unspecified atom stereocenters. The monoisotopic (exact) mass is 617 g/mol. The summed E-state index contributed by atoms with van der Waals surface area (Å²) in [7, 11) is 0. The SMILES string of the molecule is CC(F)C(C(C)F)(C(C)F)[C@](Cc1ccc(OCc2ccc(-c3ccc(C(F)(F)F)cc3)cc2)cc1)(C(=O)O)n1cccc1. The first kappa shape index (κ1) is 32.7. The zero-order valence-electron chi connectivity index (χ0n) is 24.4. The molecular weight excluding hydrogens is 584 g/mol. The fourth-order valence-corrected chi connectivity index (χ4v) is 6.18. The molecule has 0 aliphatic heterocycles. The third-order valence-corrected chi connectivity index (χ3v) is 8.38. The Bertz CT molecular complexity index is 1490. The molecule has 4 rings (SSSR count). The second-order valence-electron chi connectivity index (χ2n) is 10.9. The largest absolute Gasteiger partial charge is 0.489 e. The van der Waals surface area contributed by atoms with E-state index in [-0.39, 0.29) is 6.61 Å². The highest BCUT2D eigenvalue weighted by Gasteiger charge is 2.67. The summed E-state index contributed by atoms with van der Waals surface area (Å²) in [5, 5.41) is 10.5. The van der Waals surface area contributed by atoms with Gasteiger partial charge in [-0.25, -0.2) is 18.0 Å². The molecule has 1 N–H and O–H groups in total. The summed E-state index contributed by atoms with van der Waals surface area (Å²) in [5.74, 6) is -1.13. The van der Waals surface area contributed by atoms with E-state index in [4.69, 9.17) is 4.74 Å². The van der Waals surface area contributed by atoms with E-state index in [2.05, 4.69) is 0 Å². The number of carboxylic acids is 1. The lowest BCUT2D eigenvalue weighted by Crippen LogP contribution is -2.67. The summed E-state index contributed by atoms with van der Waals surface area (Å²) < 4.78 is 91.6. The van der Waals surface area contributed by atoms with Crippen LogP contribution >= 0.6 is 0 Å². The predicted molar refractivity (Wildman–Crippen MR) is 156 cm³/mol. The fraction of sp³-hybridized carbons (Fsp3) is 0.324. The van der Waals surface area contributed by atoms with Crippen LogP contribution in [0.3, 0.4) is 0 Å². The van der Waals surface area contributed by atoms with Crippen LogP contribution in [0.25, 0.3) is 11.1 Å². The molecule has 0 fully saturated rings. The predicted octanol–water partition coefficient (Wildman–Crippen LogP) is 8.84. The maximum atomic E-state index is 15.4. The standard InChI is InChI=1S/C34H33F6NO3/c1-22(35)33(23(2)36,24(3)37)32(31(42)43,41-18-4-5-19-41)20-25-8-16-30(17-9-25)44-21-26-6-10-27(11-7-26)28-12-14-29(15-13-28)34(38,39)40/h4-19,22-24H,20-21H2,1-3H3,(H,42,43)/t22?,23?,24?,32-,33?/m0/s1. The van der Waals surface area contributed by atoms with Crippen LogP contribution in [0.15, 0.2) is 97.3 Å². The molecular formula is C34H33F6NO3. The van der Waals surface area contributed by atoms with E-state index < -0.39 is 53.6 Å². The number of ether oxygens (including phenoxy) is 1. The number of halogens is 6. The summed E-state index contributed by atoms with van der Waals surface area (Å²) in [6, 6.07) is 21.4. The van der Waals surface area contributed by atoms with Crippen LogP contribution < -0.4 is 4.74 Å².